The average Bonchev–Trinajstić information content (AvgIpc) is 2.96. The first kappa shape index (κ1) is 14.9. The average molecular weight is 335 g/mol. The van der Waals surface area contributed by atoms with Gasteiger partial charge in [-0.1, -0.05) is 11.6 Å². The highest BCUT2D eigenvalue weighted by molar-refractivity contribution is 6.35. The molecule has 114 valence electrons. The molecule has 0 aliphatic carbocycles. The molecule has 2 N–H and O–H groups in total. The number of halogens is 2. The molecule has 3 rings (SSSR count). The number of methoxy groups -OCH3 is 1. The largest absolute Gasteiger partial charge is 0.387 e. The lowest BCUT2D eigenvalue weighted by atomic mass is 10.1. The monoisotopic (exact) mass is 334 g/mol. The molecule has 2 aromatic heterocycles. The standard InChI is InChI=1S/C11H12Cl2N4O4/c1-20-2-4-6(18)7(19)10(21-4)17-3-14-5-8(12)15-11(13)16-9(5)17/h3-4,6-7,10,18-19H,2H2,1H3/t4-,6-,7-,10-/m1/s1. The number of hydrogen-bond acceptors (Lipinski definition) is 7. The van der Waals surface area contributed by atoms with Crippen molar-refractivity contribution in [3.05, 3.63) is 16.8 Å². The molecule has 3 heterocycles. The SMILES string of the molecule is COC[C@H]1O[C@@H](n2cnc3c(Cl)nc(Cl)nc32)[C@H](O)[C@@H]1O. The Bertz CT molecular complexity index is 667. The van der Waals surface area contributed by atoms with Crippen LogP contribution in [0.25, 0.3) is 11.2 Å². The molecular formula is C11H12Cl2N4O4. The molecule has 0 amide bonds. The van der Waals surface area contributed by atoms with Crippen LogP contribution in [0.4, 0.5) is 0 Å². The number of hydrogen-bond donors (Lipinski definition) is 2. The highest BCUT2D eigenvalue weighted by atomic mass is 35.5. The maximum atomic E-state index is 10.1. The Morgan fingerprint density at radius 3 is 2.81 bits per heavy atom. The maximum Gasteiger partial charge on any atom is 0.225 e. The third-order valence-electron chi connectivity index (χ3n) is 3.29. The maximum absolute atomic E-state index is 10.1. The molecule has 1 aliphatic heterocycles. The number of aliphatic hydroxyl groups is 2. The molecule has 0 radical (unpaired) electrons. The Balaban J connectivity index is 2.01. The summed E-state index contributed by atoms with van der Waals surface area (Å²) in [6.07, 6.45) is -2.36. The van der Waals surface area contributed by atoms with E-state index in [9.17, 15) is 10.2 Å². The van der Waals surface area contributed by atoms with Crippen LogP contribution in [0, 0.1) is 0 Å². The van der Waals surface area contributed by atoms with Crippen LogP contribution in [0.3, 0.4) is 0 Å². The molecule has 10 heteroatoms. The van der Waals surface area contributed by atoms with E-state index in [0.29, 0.717) is 11.2 Å². The van der Waals surface area contributed by atoms with Crippen molar-refractivity contribution in [3.63, 3.8) is 0 Å². The van der Waals surface area contributed by atoms with E-state index in [1.807, 2.05) is 0 Å². The Hall–Kier alpha value is -1.03. The summed E-state index contributed by atoms with van der Waals surface area (Å²) >= 11 is 11.7. The van der Waals surface area contributed by atoms with E-state index in [2.05, 4.69) is 15.0 Å². The zero-order valence-corrected chi connectivity index (χ0v) is 12.4. The number of ether oxygens (including phenoxy) is 2. The van der Waals surface area contributed by atoms with Crippen LogP contribution in [0.5, 0.6) is 0 Å². The van der Waals surface area contributed by atoms with Gasteiger partial charge in [0.1, 0.15) is 23.8 Å². The van der Waals surface area contributed by atoms with Crippen molar-refractivity contribution in [1.29, 1.82) is 0 Å². The second kappa shape index (κ2) is 5.64. The summed E-state index contributed by atoms with van der Waals surface area (Å²) in [6, 6.07) is 0. The molecule has 1 saturated heterocycles. The molecule has 0 spiro atoms. The van der Waals surface area contributed by atoms with E-state index in [-0.39, 0.29) is 17.0 Å². The minimum atomic E-state index is -1.16. The van der Waals surface area contributed by atoms with Crippen molar-refractivity contribution >= 4 is 34.4 Å². The number of rotatable bonds is 3. The normalized spacial score (nSPS) is 29.4. The predicted octanol–water partition coefficient (Wildman–Crippen LogP) is 0.399. The Labute approximate surface area is 129 Å². The fraction of sp³-hybridized carbons (Fsp3) is 0.545. The summed E-state index contributed by atoms with van der Waals surface area (Å²) in [5, 5.41) is 20.2. The van der Waals surface area contributed by atoms with Crippen molar-refractivity contribution in [3.8, 4) is 0 Å². The van der Waals surface area contributed by atoms with Gasteiger partial charge in [0.25, 0.3) is 0 Å². The van der Waals surface area contributed by atoms with Crippen molar-refractivity contribution in [2.75, 3.05) is 13.7 Å². The third-order valence-corrected chi connectivity index (χ3v) is 3.73. The minimum absolute atomic E-state index is 0.0456. The molecule has 2 aromatic rings. The molecule has 1 fully saturated rings. The molecule has 0 saturated carbocycles. The number of fused-ring (bicyclic) bond motifs is 1. The van der Waals surface area contributed by atoms with Gasteiger partial charge in [0, 0.05) is 7.11 Å². The van der Waals surface area contributed by atoms with Gasteiger partial charge in [-0.15, -0.1) is 0 Å². The van der Waals surface area contributed by atoms with Crippen LogP contribution in [0.1, 0.15) is 6.23 Å². The second-order valence-electron chi connectivity index (χ2n) is 4.61. The van der Waals surface area contributed by atoms with Crippen LogP contribution >= 0.6 is 23.2 Å². The van der Waals surface area contributed by atoms with E-state index < -0.39 is 24.5 Å². The van der Waals surface area contributed by atoms with Crippen LogP contribution in [-0.2, 0) is 9.47 Å². The van der Waals surface area contributed by atoms with Crippen molar-refractivity contribution in [2.45, 2.75) is 24.5 Å². The van der Waals surface area contributed by atoms with Gasteiger partial charge in [-0.25, -0.2) is 9.97 Å². The highest BCUT2D eigenvalue weighted by Gasteiger charge is 2.44. The molecule has 8 nitrogen and oxygen atoms in total. The van der Waals surface area contributed by atoms with Gasteiger partial charge < -0.3 is 19.7 Å². The van der Waals surface area contributed by atoms with Crippen LogP contribution in [0.2, 0.25) is 10.4 Å². The minimum Gasteiger partial charge on any atom is -0.387 e. The van der Waals surface area contributed by atoms with Gasteiger partial charge in [0.2, 0.25) is 5.28 Å². The summed E-state index contributed by atoms with van der Waals surface area (Å²) in [6.45, 7) is 0.151. The number of nitrogens with zero attached hydrogens (tertiary/aromatic N) is 4. The quantitative estimate of drug-likeness (QED) is 0.618. The molecule has 4 atom stereocenters. The fourth-order valence-corrected chi connectivity index (χ4v) is 2.73. The summed E-state index contributed by atoms with van der Waals surface area (Å²) in [7, 11) is 1.48. The van der Waals surface area contributed by atoms with Gasteiger partial charge in [-0.2, -0.15) is 4.98 Å². The second-order valence-corrected chi connectivity index (χ2v) is 5.31. The van der Waals surface area contributed by atoms with Crippen LogP contribution in [-0.4, -0.2) is 61.8 Å². The molecule has 0 aromatic carbocycles. The van der Waals surface area contributed by atoms with Gasteiger partial charge in [0.15, 0.2) is 17.0 Å². The summed E-state index contributed by atoms with van der Waals surface area (Å²) in [5.41, 5.74) is 0.649. The van der Waals surface area contributed by atoms with E-state index in [1.165, 1.54) is 18.0 Å². The molecule has 21 heavy (non-hydrogen) atoms. The molecule has 0 bridgehead atoms. The highest BCUT2D eigenvalue weighted by Crippen LogP contribution is 2.32. The summed E-state index contributed by atoms with van der Waals surface area (Å²) < 4.78 is 12.0. The zero-order chi connectivity index (χ0) is 15.1. The first-order chi connectivity index (χ1) is 10.0. The smallest absolute Gasteiger partial charge is 0.225 e. The number of imidazole rings is 1. The Morgan fingerprint density at radius 2 is 2.10 bits per heavy atom. The summed E-state index contributed by atoms with van der Waals surface area (Å²) in [4.78, 5) is 11.9. The molecule has 1 aliphatic rings. The fourth-order valence-electron chi connectivity index (χ4n) is 2.30. The van der Waals surface area contributed by atoms with Gasteiger partial charge in [-0.05, 0) is 11.6 Å². The first-order valence-electron chi connectivity index (χ1n) is 6.09. The molecular weight excluding hydrogens is 323 g/mol. The van der Waals surface area contributed by atoms with Crippen LogP contribution in [0.15, 0.2) is 6.33 Å². The van der Waals surface area contributed by atoms with Crippen molar-refractivity contribution in [1.82, 2.24) is 19.5 Å². The summed E-state index contributed by atoms with van der Waals surface area (Å²) in [5.74, 6) is 0. The van der Waals surface area contributed by atoms with Gasteiger partial charge in [0.05, 0.1) is 12.9 Å². The number of aromatic nitrogens is 4. The van der Waals surface area contributed by atoms with Gasteiger partial charge >= 0.3 is 0 Å². The van der Waals surface area contributed by atoms with E-state index in [4.69, 9.17) is 32.7 Å². The van der Waals surface area contributed by atoms with Crippen molar-refractivity contribution in [2.24, 2.45) is 0 Å². The van der Waals surface area contributed by atoms with E-state index in [0.717, 1.165) is 0 Å². The lowest BCUT2D eigenvalue weighted by molar-refractivity contribution is -0.0580. The topological polar surface area (TPSA) is 103 Å². The molecule has 0 unspecified atom stereocenters. The third kappa shape index (κ3) is 2.48. The van der Waals surface area contributed by atoms with E-state index >= 15 is 0 Å². The lowest BCUT2D eigenvalue weighted by Crippen LogP contribution is -2.33. The lowest BCUT2D eigenvalue weighted by Gasteiger charge is -2.16. The Kier molecular flexibility index (Phi) is 4.00. The van der Waals surface area contributed by atoms with Gasteiger partial charge in [-0.3, -0.25) is 4.57 Å². The first-order valence-corrected chi connectivity index (χ1v) is 6.84. The van der Waals surface area contributed by atoms with E-state index in [1.54, 1.807) is 0 Å². The van der Waals surface area contributed by atoms with Crippen LogP contribution < -0.4 is 0 Å². The number of aliphatic hydroxyl groups excluding tert-OH is 2. The predicted molar refractivity (Wildman–Crippen MR) is 73.1 cm³/mol. The van der Waals surface area contributed by atoms with Crippen molar-refractivity contribution < 1.29 is 19.7 Å². The Morgan fingerprint density at radius 1 is 1.33 bits per heavy atom. The zero-order valence-electron chi connectivity index (χ0n) is 10.8.